The van der Waals surface area contributed by atoms with Gasteiger partial charge < -0.3 is 15.5 Å². The van der Waals surface area contributed by atoms with Crippen LogP contribution in [0.15, 0.2) is 24.3 Å². The molecular formula is C16H25N3O. The SMILES string of the molecule is CN(C)CCCCNC(=O)[C@H]1Cc2ccccc2CN1. The molecule has 0 radical (unpaired) electrons. The van der Waals surface area contributed by atoms with E-state index in [0.29, 0.717) is 0 Å². The number of fused-ring (bicyclic) bond motifs is 1. The summed E-state index contributed by atoms with van der Waals surface area (Å²) in [6.45, 7) is 2.63. The van der Waals surface area contributed by atoms with Gasteiger partial charge in [0.2, 0.25) is 5.91 Å². The zero-order valence-corrected chi connectivity index (χ0v) is 12.5. The van der Waals surface area contributed by atoms with E-state index in [1.807, 2.05) is 12.1 Å². The summed E-state index contributed by atoms with van der Waals surface area (Å²) in [6.07, 6.45) is 2.95. The van der Waals surface area contributed by atoms with Gasteiger partial charge in [-0.2, -0.15) is 0 Å². The highest BCUT2D eigenvalue weighted by Gasteiger charge is 2.23. The minimum atomic E-state index is -0.0845. The second-order valence-electron chi connectivity index (χ2n) is 5.71. The number of benzene rings is 1. The Bertz CT molecular complexity index is 445. The molecule has 0 bridgehead atoms. The van der Waals surface area contributed by atoms with Crippen molar-refractivity contribution in [1.82, 2.24) is 15.5 Å². The van der Waals surface area contributed by atoms with Crippen molar-refractivity contribution in [3.8, 4) is 0 Å². The lowest BCUT2D eigenvalue weighted by molar-refractivity contribution is -0.123. The van der Waals surface area contributed by atoms with Crippen LogP contribution in [0, 0.1) is 0 Å². The minimum Gasteiger partial charge on any atom is -0.355 e. The highest BCUT2D eigenvalue weighted by atomic mass is 16.2. The van der Waals surface area contributed by atoms with Crippen molar-refractivity contribution in [2.75, 3.05) is 27.2 Å². The molecule has 0 aliphatic carbocycles. The Morgan fingerprint density at radius 1 is 1.30 bits per heavy atom. The first-order valence-corrected chi connectivity index (χ1v) is 7.39. The number of carbonyl (C=O) groups is 1. The standard InChI is InChI=1S/C16H25N3O/c1-19(2)10-6-5-9-17-16(20)15-11-13-7-3-4-8-14(13)12-18-15/h3-4,7-8,15,18H,5-6,9-12H2,1-2H3,(H,17,20)/t15-/m1/s1. The zero-order chi connectivity index (χ0) is 14.4. The van der Waals surface area contributed by atoms with Crippen LogP contribution in [0.25, 0.3) is 0 Å². The molecular weight excluding hydrogens is 250 g/mol. The van der Waals surface area contributed by atoms with Gasteiger partial charge in [-0.05, 0) is 51.0 Å². The third-order valence-corrected chi connectivity index (χ3v) is 3.73. The van der Waals surface area contributed by atoms with Gasteiger partial charge in [-0.1, -0.05) is 24.3 Å². The van der Waals surface area contributed by atoms with Gasteiger partial charge in [0.05, 0.1) is 6.04 Å². The Hall–Kier alpha value is -1.39. The Balaban J connectivity index is 1.72. The molecule has 0 aromatic heterocycles. The predicted octanol–water partition coefficient (Wildman–Crippen LogP) is 1.16. The van der Waals surface area contributed by atoms with E-state index in [0.717, 1.165) is 38.9 Å². The summed E-state index contributed by atoms with van der Waals surface area (Å²) in [6, 6.07) is 8.25. The molecule has 4 heteroatoms. The molecule has 0 fully saturated rings. The number of hydrogen-bond donors (Lipinski definition) is 2. The third-order valence-electron chi connectivity index (χ3n) is 3.73. The van der Waals surface area contributed by atoms with Gasteiger partial charge in [-0.15, -0.1) is 0 Å². The summed E-state index contributed by atoms with van der Waals surface area (Å²) in [4.78, 5) is 14.3. The summed E-state index contributed by atoms with van der Waals surface area (Å²) in [5.74, 6) is 0.129. The van der Waals surface area contributed by atoms with E-state index >= 15 is 0 Å². The van der Waals surface area contributed by atoms with Crippen LogP contribution < -0.4 is 10.6 Å². The first kappa shape index (κ1) is 15.0. The summed E-state index contributed by atoms with van der Waals surface area (Å²) >= 11 is 0. The number of nitrogens with zero attached hydrogens (tertiary/aromatic N) is 1. The number of hydrogen-bond acceptors (Lipinski definition) is 3. The maximum Gasteiger partial charge on any atom is 0.237 e. The van der Waals surface area contributed by atoms with Crippen LogP contribution in [0.5, 0.6) is 0 Å². The van der Waals surface area contributed by atoms with Crippen LogP contribution in [0.3, 0.4) is 0 Å². The second-order valence-corrected chi connectivity index (χ2v) is 5.71. The molecule has 1 aromatic carbocycles. The van der Waals surface area contributed by atoms with E-state index in [2.05, 4.69) is 41.8 Å². The number of unbranched alkanes of at least 4 members (excludes halogenated alkanes) is 1. The lowest BCUT2D eigenvalue weighted by Gasteiger charge is -2.25. The topological polar surface area (TPSA) is 44.4 Å². The van der Waals surface area contributed by atoms with Crippen LogP contribution in [0.1, 0.15) is 24.0 Å². The Labute approximate surface area is 121 Å². The summed E-state index contributed by atoms with van der Waals surface area (Å²) in [5, 5.41) is 6.35. The van der Waals surface area contributed by atoms with E-state index < -0.39 is 0 Å². The first-order valence-electron chi connectivity index (χ1n) is 7.39. The van der Waals surface area contributed by atoms with Crippen molar-refractivity contribution in [3.63, 3.8) is 0 Å². The Morgan fingerprint density at radius 3 is 2.80 bits per heavy atom. The van der Waals surface area contributed by atoms with E-state index in [1.165, 1.54) is 11.1 Å². The monoisotopic (exact) mass is 275 g/mol. The van der Waals surface area contributed by atoms with Gasteiger partial charge >= 0.3 is 0 Å². The second kappa shape index (κ2) is 7.41. The molecule has 1 atom stereocenters. The van der Waals surface area contributed by atoms with Gasteiger partial charge in [0.15, 0.2) is 0 Å². The van der Waals surface area contributed by atoms with Crippen LogP contribution in [0.2, 0.25) is 0 Å². The smallest absolute Gasteiger partial charge is 0.237 e. The predicted molar refractivity (Wildman–Crippen MR) is 81.6 cm³/mol. The van der Waals surface area contributed by atoms with Crippen molar-refractivity contribution < 1.29 is 4.79 Å². The van der Waals surface area contributed by atoms with Gasteiger partial charge in [0, 0.05) is 13.1 Å². The first-order chi connectivity index (χ1) is 9.66. The van der Waals surface area contributed by atoms with Crippen LogP contribution in [-0.4, -0.2) is 44.0 Å². The molecule has 1 aromatic rings. The molecule has 1 aliphatic heterocycles. The van der Waals surface area contributed by atoms with E-state index in [9.17, 15) is 4.79 Å². The van der Waals surface area contributed by atoms with Crippen molar-refractivity contribution in [2.24, 2.45) is 0 Å². The van der Waals surface area contributed by atoms with Gasteiger partial charge in [-0.3, -0.25) is 4.79 Å². The molecule has 1 heterocycles. The normalized spacial score (nSPS) is 17.9. The lowest BCUT2D eigenvalue weighted by atomic mass is 9.95. The highest BCUT2D eigenvalue weighted by molar-refractivity contribution is 5.82. The van der Waals surface area contributed by atoms with Crippen LogP contribution >= 0.6 is 0 Å². The average molecular weight is 275 g/mol. The zero-order valence-electron chi connectivity index (χ0n) is 12.5. The molecule has 4 nitrogen and oxygen atoms in total. The maximum atomic E-state index is 12.1. The summed E-state index contributed by atoms with van der Waals surface area (Å²) in [7, 11) is 4.14. The van der Waals surface area contributed by atoms with E-state index in [-0.39, 0.29) is 11.9 Å². The van der Waals surface area contributed by atoms with Gasteiger partial charge in [-0.25, -0.2) is 0 Å². The number of rotatable bonds is 6. The Kier molecular flexibility index (Phi) is 5.56. The van der Waals surface area contributed by atoms with Crippen LogP contribution in [-0.2, 0) is 17.8 Å². The minimum absolute atomic E-state index is 0.0845. The van der Waals surface area contributed by atoms with Crippen molar-refractivity contribution in [3.05, 3.63) is 35.4 Å². The molecule has 0 saturated heterocycles. The van der Waals surface area contributed by atoms with E-state index in [4.69, 9.17) is 0 Å². The van der Waals surface area contributed by atoms with Crippen molar-refractivity contribution in [1.29, 1.82) is 0 Å². The van der Waals surface area contributed by atoms with Gasteiger partial charge in [0.25, 0.3) is 0 Å². The molecule has 2 N–H and O–H groups in total. The largest absolute Gasteiger partial charge is 0.355 e. The average Bonchev–Trinajstić information content (AvgIpc) is 2.46. The Morgan fingerprint density at radius 2 is 2.05 bits per heavy atom. The molecule has 1 aliphatic rings. The fraction of sp³-hybridized carbons (Fsp3) is 0.562. The van der Waals surface area contributed by atoms with Crippen LogP contribution in [0.4, 0.5) is 0 Å². The van der Waals surface area contributed by atoms with Crippen molar-refractivity contribution in [2.45, 2.75) is 31.8 Å². The summed E-state index contributed by atoms with van der Waals surface area (Å²) < 4.78 is 0. The third kappa shape index (κ3) is 4.32. The summed E-state index contributed by atoms with van der Waals surface area (Å²) in [5.41, 5.74) is 2.60. The van der Waals surface area contributed by atoms with Crippen molar-refractivity contribution >= 4 is 5.91 Å². The quantitative estimate of drug-likeness (QED) is 0.766. The molecule has 0 unspecified atom stereocenters. The highest BCUT2D eigenvalue weighted by Crippen LogP contribution is 2.16. The fourth-order valence-electron chi connectivity index (χ4n) is 2.53. The maximum absolute atomic E-state index is 12.1. The number of carbonyl (C=O) groups excluding carboxylic acids is 1. The molecule has 0 spiro atoms. The molecule has 110 valence electrons. The molecule has 20 heavy (non-hydrogen) atoms. The fourth-order valence-corrected chi connectivity index (χ4v) is 2.53. The molecule has 0 saturated carbocycles. The van der Waals surface area contributed by atoms with Gasteiger partial charge in [0.1, 0.15) is 0 Å². The molecule has 1 amide bonds. The number of amides is 1. The number of nitrogens with one attached hydrogen (secondary N) is 2. The van der Waals surface area contributed by atoms with E-state index in [1.54, 1.807) is 0 Å². The lowest BCUT2D eigenvalue weighted by Crippen LogP contribution is -2.47. The molecule has 2 rings (SSSR count).